The first-order valence-electron chi connectivity index (χ1n) is 5.15. The fraction of sp³-hybridized carbons (Fsp3) is 0. The lowest BCUT2D eigenvalue weighted by atomic mass is 10.1. The molecule has 2 heterocycles. The van der Waals surface area contributed by atoms with Crippen LogP contribution in [0.2, 0.25) is 0 Å². The van der Waals surface area contributed by atoms with Crippen LogP contribution in [0.15, 0.2) is 41.3 Å². The minimum absolute atomic E-state index is 0.129. The Hall–Kier alpha value is -2.26. The average Bonchev–Trinajstić information content (AvgIpc) is 2.87. The van der Waals surface area contributed by atoms with Crippen LogP contribution < -0.4 is 0 Å². The molecular formula is C12H6BrN5. The molecule has 18 heavy (non-hydrogen) atoms. The molecule has 3 rings (SSSR count). The second-order valence-corrected chi connectivity index (χ2v) is 4.45. The summed E-state index contributed by atoms with van der Waals surface area (Å²) < 4.78 is 2.50. The number of fused-ring (bicyclic) bond motifs is 1. The summed E-state index contributed by atoms with van der Waals surface area (Å²) in [6.45, 7) is 0. The van der Waals surface area contributed by atoms with E-state index in [-0.39, 0.29) is 5.82 Å². The van der Waals surface area contributed by atoms with Crippen molar-refractivity contribution in [3.8, 4) is 11.9 Å². The molecular weight excluding hydrogens is 294 g/mol. The summed E-state index contributed by atoms with van der Waals surface area (Å²) in [5, 5.41) is 14.8. The first-order chi connectivity index (χ1) is 8.79. The van der Waals surface area contributed by atoms with E-state index in [9.17, 15) is 0 Å². The Morgan fingerprint density at radius 3 is 2.83 bits per heavy atom. The van der Waals surface area contributed by atoms with Crippen LogP contribution in [0.3, 0.4) is 0 Å². The molecule has 0 amide bonds. The van der Waals surface area contributed by atoms with Crippen molar-refractivity contribution in [2.24, 2.45) is 0 Å². The van der Waals surface area contributed by atoms with E-state index in [4.69, 9.17) is 5.26 Å². The van der Waals surface area contributed by atoms with Crippen molar-refractivity contribution in [3.05, 3.63) is 47.1 Å². The van der Waals surface area contributed by atoms with Gasteiger partial charge in [0.15, 0.2) is 5.82 Å². The number of benzene rings is 1. The summed E-state index contributed by atoms with van der Waals surface area (Å²) in [5.41, 5.74) is 0. The number of pyridine rings is 1. The van der Waals surface area contributed by atoms with Gasteiger partial charge in [0, 0.05) is 21.4 Å². The highest BCUT2D eigenvalue weighted by Gasteiger charge is 2.08. The lowest BCUT2D eigenvalue weighted by Gasteiger charge is -2.05. The van der Waals surface area contributed by atoms with Gasteiger partial charge in [0.25, 0.3) is 5.82 Å². The smallest absolute Gasteiger partial charge is 0.236 e. The van der Waals surface area contributed by atoms with E-state index in [1.807, 2.05) is 30.3 Å². The van der Waals surface area contributed by atoms with E-state index in [2.05, 4.69) is 31.0 Å². The van der Waals surface area contributed by atoms with Crippen LogP contribution in [-0.4, -0.2) is 19.7 Å². The fourth-order valence-corrected chi connectivity index (χ4v) is 2.25. The summed E-state index contributed by atoms with van der Waals surface area (Å²) >= 11 is 3.50. The van der Waals surface area contributed by atoms with E-state index in [1.165, 1.54) is 11.0 Å². The van der Waals surface area contributed by atoms with Gasteiger partial charge in [-0.2, -0.15) is 5.26 Å². The fourth-order valence-electron chi connectivity index (χ4n) is 1.75. The first kappa shape index (κ1) is 10.9. The first-order valence-corrected chi connectivity index (χ1v) is 5.94. The van der Waals surface area contributed by atoms with E-state index >= 15 is 0 Å². The molecule has 0 saturated heterocycles. The van der Waals surface area contributed by atoms with Crippen LogP contribution in [0.25, 0.3) is 16.6 Å². The molecule has 1 aromatic carbocycles. The van der Waals surface area contributed by atoms with Crippen LogP contribution in [-0.2, 0) is 0 Å². The second-order valence-electron chi connectivity index (χ2n) is 3.59. The van der Waals surface area contributed by atoms with Crippen LogP contribution in [0, 0.1) is 11.3 Å². The standard InChI is InChI=1S/C12H6BrN5/c13-10-3-1-2-9-8(10)4-5-15-12(9)18-7-16-11(6-14)17-18/h1-5,7H. The third-order valence-corrected chi connectivity index (χ3v) is 3.23. The van der Waals surface area contributed by atoms with E-state index in [0.717, 1.165) is 15.2 Å². The molecule has 6 heteroatoms. The summed E-state index contributed by atoms with van der Waals surface area (Å²) in [6, 6.07) is 9.67. The zero-order valence-corrected chi connectivity index (χ0v) is 10.7. The molecule has 5 nitrogen and oxygen atoms in total. The van der Waals surface area contributed by atoms with Gasteiger partial charge >= 0.3 is 0 Å². The Kier molecular flexibility index (Phi) is 2.54. The molecule has 0 saturated carbocycles. The van der Waals surface area contributed by atoms with Crippen molar-refractivity contribution in [1.82, 2.24) is 19.7 Å². The number of halogens is 1. The molecule has 0 aliphatic carbocycles. The van der Waals surface area contributed by atoms with Crippen LogP contribution in [0.1, 0.15) is 5.82 Å². The van der Waals surface area contributed by atoms with Gasteiger partial charge in [-0.05, 0) is 12.1 Å². The third-order valence-electron chi connectivity index (χ3n) is 2.54. The van der Waals surface area contributed by atoms with Gasteiger partial charge in [0.05, 0.1) is 0 Å². The zero-order chi connectivity index (χ0) is 12.5. The van der Waals surface area contributed by atoms with E-state index in [1.54, 1.807) is 6.20 Å². The number of nitriles is 1. The van der Waals surface area contributed by atoms with Crippen molar-refractivity contribution >= 4 is 26.7 Å². The van der Waals surface area contributed by atoms with Crippen molar-refractivity contribution < 1.29 is 0 Å². The maximum absolute atomic E-state index is 8.74. The number of hydrogen-bond donors (Lipinski definition) is 0. The lowest BCUT2D eigenvalue weighted by molar-refractivity contribution is 0.849. The topological polar surface area (TPSA) is 67.4 Å². The Morgan fingerprint density at radius 1 is 1.17 bits per heavy atom. The van der Waals surface area contributed by atoms with Gasteiger partial charge in [0.2, 0.25) is 0 Å². The normalized spacial score (nSPS) is 10.4. The maximum atomic E-state index is 8.74. The highest BCUT2D eigenvalue weighted by Crippen LogP contribution is 2.26. The molecule has 0 N–H and O–H groups in total. The molecule has 0 aliphatic rings. The van der Waals surface area contributed by atoms with Gasteiger partial charge in [-0.1, -0.05) is 28.1 Å². The number of nitrogens with zero attached hydrogens (tertiary/aromatic N) is 5. The summed E-state index contributed by atoms with van der Waals surface area (Å²) in [7, 11) is 0. The molecule has 0 fully saturated rings. The van der Waals surface area contributed by atoms with Crippen molar-refractivity contribution in [2.75, 3.05) is 0 Å². The minimum Gasteiger partial charge on any atom is -0.236 e. The predicted molar refractivity (Wildman–Crippen MR) is 69.1 cm³/mol. The molecule has 2 aromatic heterocycles. The summed E-state index contributed by atoms with van der Waals surface area (Å²) in [4.78, 5) is 8.18. The summed E-state index contributed by atoms with van der Waals surface area (Å²) in [6.07, 6.45) is 3.19. The quantitative estimate of drug-likeness (QED) is 0.692. The molecule has 0 unspecified atom stereocenters. The molecule has 0 radical (unpaired) electrons. The van der Waals surface area contributed by atoms with Gasteiger partial charge in [0.1, 0.15) is 12.4 Å². The predicted octanol–water partition coefficient (Wildman–Crippen LogP) is 2.45. The molecule has 0 atom stereocenters. The van der Waals surface area contributed by atoms with Gasteiger partial charge in [-0.25, -0.2) is 14.6 Å². The number of rotatable bonds is 1. The van der Waals surface area contributed by atoms with Crippen LogP contribution in [0.4, 0.5) is 0 Å². The highest BCUT2D eigenvalue weighted by molar-refractivity contribution is 9.10. The lowest BCUT2D eigenvalue weighted by Crippen LogP contribution is -1.99. The second kappa shape index (κ2) is 4.20. The van der Waals surface area contributed by atoms with E-state index < -0.39 is 0 Å². The van der Waals surface area contributed by atoms with Crippen molar-refractivity contribution in [2.45, 2.75) is 0 Å². The zero-order valence-electron chi connectivity index (χ0n) is 9.08. The van der Waals surface area contributed by atoms with Gasteiger partial charge in [-0.15, -0.1) is 5.10 Å². The Morgan fingerprint density at radius 2 is 2.06 bits per heavy atom. The maximum Gasteiger partial charge on any atom is 0.252 e. The SMILES string of the molecule is N#Cc1ncn(-c2nccc3c(Br)cccc23)n1. The van der Waals surface area contributed by atoms with Crippen molar-refractivity contribution in [1.29, 1.82) is 5.26 Å². The Bertz CT molecular complexity index is 771. The van der Waals surface area contributed by atoms with Crippen LogP contribution in [0.5, 0.6) is 0 Å². The number of hydrogen-bond acceptors (Lipinski definition) is 4. The van der Waals surface area contributed by atoms with Crippen molar-refractivity contribution in [3.63, 3.8) is 0 Å². The summed E-state index contributed by atoms with van der Waals surface area (Å²) in [5.74, 6) is 0.784. The average molecular weight is 300 g/mol. The molecule has 0 bridgehead atoms. The molecule has 3 aromatic rings. The minimum atomic E-state index is 0.129. The number of aromatic nitrogens is 4. The largest absolute Gasteiger partial charge is 0.252 e. The monoisotopic (exact) mass is 299 g/mol. The van der Waals surface area contributed by atoms with Gasteiger partial charge in [-0.3, -0.25) is 0 Å². The Labute approximate surface area is 111 Å². The van der Waals surface area contributed by atoms with Crippen LogP contribution >= 0.6 is 15.9 Å². The third kappa shape index (κ3) is 1.65. The van der Waals surface area contributed by atoms with Gasteiger partial charge < -0.3 is 0 Å². The van der Waals surface area contributed by atoms with E-state index in [0.29, 0.717) is 5.82 Å². The molecule has 0 aliphatic heterocycles. The highest BCUT2D eigenvalue weighted by atomic mass is 79.9. The Balaban J connectivity index is 2.30. The molecule has 86 valence electrons. The molecule has 0 spiro atoms.